The van der Waals surface area contributed by atoms with E-state index in [9.17, 15) is 9.59 Å². The van der Waals surface area contributed by atoms with Gasteiger partial charge in [-0.1, -0.05) is 18.3 Å². The summed E-state index contributed by atoms with van der Waals surface area (Å²) in [6.07, 6.45) is 0.980. The van der Waals surface area contributed by atoms with Crippen molar-refractivity contribution in [2.24, 2.45) is 0 Å². The highest BCUT2D eigenvalue weighted by molar-refractivity contribution is 7.18. The zero-order chi connectivity index (χ0) is 14.4. The molecule has 106 valence electrons. The number of nitrogens with two attached hydrogens (primary N) is 1. The predicted molar refractivity (Wildman–Crippen MR) is 76.5 cm³/mol. The monoisotopic (exact) mass is 285 g/mol. The van der Waals surface area contributed by atoms with Gasteiger partial charge in [-0.15, -0.1) is 0 Å². The number of carbonyl (C=O) groups is 2. The van der Waals surface area contributed by atoms with Gasteiger partial charge in [-0.25, -0.2) is 4.98 Å². The minimum atomic E-state index is -0.380. The molecule has 2 amide bonds. The second kappa shape index (κ2) is 6.93. The number of carbonyl (C=O) groups excluding carboxylic acids is 2. The Kier molecular flexibility index (Phi) is 5.56. The third kappa shape index (κ3) is 4.09. The second-order valence-electron chi connectivity index (χ2n) is 3.99. The highest BCUT2D eigenvalue weighted by Gasteiger charge is 2.18. The molecule has 1 aromatic rings. The number of thiazole rings is 1. The molecule has 0 saturated heterocycles. The van der Waals surface area contributed by atoms with Crippen LogP contribution >= 0.6 is 11.3 Å². The Morgan fingerprint density at radius 3 is 2.74 bits per heavy atom. The van der Waals surface area contributed by atoms with Crippen molar-refractivity contribution in [3.8, 4) is 0 Å². The molecule has 0 bridgehead atoms. The summed E-state index contributed by atoms with van der Waals surface area (Å²) in [4.78, 5) is 29.3. The molecule has 0 radical (unpaired) electrons. The molecule has 0 aliphatic carbocycles. The molecule has 4 N–H and O–H groups in total. The number of hydrogen-bond donors (Lipinski definition) is 3. The van der Waals surface area contributed by atoms with Gasteiger partial charge in [0.2, 0.25) is 5.91 Å². The molecular formula is C11H19N5O2S. The maximum absolute atomic E-state index is 11.9. The predicted octanol–water partition coefficient (Wildman–Crippen LogP) is 0.0473. The van der Waals surface area contributed by atoms with Crippen molar-refractivity contribution in [1.82, 2.24) is 15.6 Å². The van der Waals surface area contributed by atoms with E-state index in [1.807, 2.05) is 11.9 Å². The Labute approximate surface area is 116 Å². The van der Waals surface area contributed by atoms with Crippen molar-refractivity contribution in [2.75, 3.05) is 37.8 Å². The molecule has 0 saturated carbocycles. The first kappa shape index (κ1) is 15.2. The number of rotatable bonds is 6. The van der Waals surface area contributed by atoms with Crippen LogP contribution in [0, 0.1) is 0 Å². The first-order chi connectivity index (χ1) is 8.99. The van der Waals surface area contributed by atoms with Gasteiger partial charge in [-0.05, 0) is 6.42 Å². The first-order valence-corrected chi connectivity index (χ1v) is 6.77. The lowest BCUT2D eigenvalue weighted by Crippen LogP contribution is -2.35. The Morgan fingerprint density at radius 2 is 2.16 bits per heavy atom. The summed E-state index contributed by atoms with van der Waals surface area (Å²) in [6, 6.07) is 0. The van der Waals surface area contributed by atoms with Gasteiger partial charge in [-0.2, -0.15) is 0 Å². The Bertz CT molecular complexity index is 460. The maximum Gasteiger partial charge on any atom is 0.265 e. The fourth-order valence-electron chi connectivity index (χ4n) is 1.41. The molecule has 0 unspecified atom stereocenters. The highest BCUT2D eigenvalue weighted by Crippen LogP contribution is 2.27. The molecule has 0 aromatic carbocycles. The summed E-state index contributed by atoms with van der Waals surface area (Å²) in [5.41, 5.74) is 5.73. The van der Waals surface area contributed by atoms with E-state index in [-0.39, 0.29) is 24.2 Å². The van der Waals surface area contributed by atoms with Gasteiger partial charge in [0.25, 0.3) is 5.91 Å². The van der Waals surface area contributed by atoms with Gasteiger partial charge in [0.05, 0.1) is 6.54 Å². The molecule has 1 rings (SSSR count). The molecule has 0 aliphatic heterocycles. The van der Waals surface area contributed by atoms with E-state index in [1.165, 1.54) is 18.4 Å². The van der Waals surface area contributed by atoms with E-state index in [0.29, 0.717) is 10.0 Å². The van der Waals surface area contributed by atoms with E-state index in [1.54, 1.807) is 0 Å². The minimum absolute atomic E-state index is 0.0766. The van der Waals surface area contributed by atoms with Crippen molar-refractivity contribution in [2.45, 2.75) is 13.3 Å². The van der Waals surface area contributed by atoms with Crippen molar-refractivity contribution >= 4 is 34.1 Å². The standard InChI is InChI=1S/C11H19N5O2S/c1-4-5-16(3)11-15-9(12)8(19-11)10(18)14-6-7(17)13-2/h4-6,12H2,1-3H3,(H,13,17)(H,14,18). The van der Waals surface area contributed by atoms with Crippen molar-refractivity contribution in [3.63, 3.8) is 0 Å². The van der Waals surface area contributed by atoms with Crippen LogP contribution in [0.2, 0.25) is 0 Å². The summed E-state index contributed by atoms with van der Waals surface area (Å²) in [5.74, 6) is -0.452. The first-order valence-electron chi connectivity index (χ1n) is 5.95. The van der Waals surface area contributed by atoms with E-state index in [2.05, 4.69) is 22.5 Å². The van der Waals surface area contributed by atoms with Gasteiger partial charge >= 0.3 is 0 Å². The average Bonchev–Trinajstić information content (AvgIpc) is 2.78. The number of amides is 2. The fourth-order valence-corrected chi connectivity index (χ4v) is 2.30. The molecule has 0 fully saturated rings. The Morgan fingerprint density at radius 1 is 1.47 bits per heavy atom. The quantitative estimate of drug-likeness (QED) is 0.685. The SMILES string of the molecule is CCCN(C)c1nc(N)c(C(=O)NCC(=O)NC)s1. The average molecular weight is 285 g/mol. The van der Waals surface area contributed by atoms with Crippen molar-refractivity contribution in [1.29, 1.82) is 0 Å². The normalized spacial score (nSPS) is 10.1. The molecular weight excluding hydrogens is 266 g/mol. The largest absolute Gasteiger partial charge is 0.382 e. The number of hydrogen-bond acceptors (Lipinski definition) is 6. The van der Waals surface area contributed by atoms with Gasteiger partial charge in [0.15, 0.2) is 5.13 Å². The number of likely N-dealkylation sites (N-methyl/N-ethyl adjacent to an activating group) is 1. The van der Waals surface area contributed by atoms with Crippen LogP contribution in [-0.4, -0.2) is 44.0 Å². The van der Waals surface area contributed by atoms with E-state index in [4.69, 9.17) is 5.73 Å². The lowest BCUT2D eigenvalue weighted by molar-refractivity contribution is -0.119. The number of aromatic nitrogens is 1. The van der Waals surface area contributed by atoms with Crippen LogP contribution in [0.3, 0.4) is 0 Å². The molecule has 0 atom stereocenters. The van der Waals surface area contributed by atoms with Gasteiger partial charge in [0.1, 0.15) is 10.7 Å². The van der Waals surface area contributed by atoms with Crippen LogP contribution < -0.4 is 21.3 Å². The summed E-state index contributed by atoms with van der Waals surface area (Å²) in [6.45, 7) is 2.82. The van der Waals surface area contributed by atoms with E-state index < -0.39 is 0 Å². The van der Waals surface area contributed by atoms with E-state index in [0.717, 1.165) is 13.0 Å². The lowest BCUT2D eigenvalue weighted by Gasteiger charge is -2.13. The zero-order valence-electron chi connectivity index (χ0n) is 11.3. The topological polar surface area (TPSA) is 100 Å². The van der Waals surface area contributed by atoms with Crippen LogP contribution in [0.25, 0.3) is 0 Å². The second-order valence-corrected chi connectivity index (χ2v) is 4.97. The van der Waals surface area contributed by atoms with Crippen LogP contribution in [0.5, 0.6) is 0 Å². The molecule has 1 heterocycles. The third-order valence-electron chi connectivity index (χ3n) is 2.42. The molecule has 0 spiro atoms. The molecule has 7 nitrogen and oxygen atoms in total. The smallest absolute Gasteiger partial charge is 0.265 e. The molecule has 1 aromatic heterocycles. The van der Waals surface area contributed by atoms with Gasteiger partial charge < -0.3 is 21.3 Å². The lowest BCUT2D eigenvalue weighted by atomic mass is 10.4. The third-order valence-corrected chi connectivity index (χ3v) is 3.61. The van der Waals surface area contributed by atoms with Crippen LogP contribution in [-0.2, 0) is 4.79 Å². The molecule has 0 aliphatic rings. The van der Waals surface area contributed by atoms with Gasteiger partial charge in [-0.3, -0.25) is 9.59 Å². The van der Waals surface area contributed by atoms with Crippen molar-refractivity contribution < 1.29 is 9.59 Å². The minimum Gasteiger partial charge on any atom is -0.382 e. The number of nitrogens with zero attached hydrogens (tertiary/aromatic N) is 2. The van der Waals surface area contributed by atoms with Crippen molar-refractivity contribution in [3.05, 3.63) is 4.88 Å². The van der Waals surface area contributed by atoms with Crippen LogP contribution in [0.15, 0.2) is 0 Å². The Balaban J connectivity index is 2.72. The summed E-state index contributed by atoms with van der Waals surface area (Å²) in [5, 5.41) is 5.62. The summed E-state index contributed by atoms with van der Waals surface area (Å²) < 4.78 is 0. The number of nitrogen functional groups attached to an aromatic ring is 1. The Hall–Kier alpha value is -1.83. The summed E-state index contributed by atoms with van der Waals surface area (Å²) in [7, 11) is 3.40. The van der Waals surface area contributed by atoms with E-state index >= 15 is 0 Å². The molecule has 8 heteroatoms. The van der Waals surface area contributed by atoms with Crippen LogP contribution in [0.4, 0.5) is 10.9 Å². The van der Waals surface area contributed by atoms with Gasteiger partial charge in [0, 0.05) is 20.6 Å². The number of nitrogens with one attached hydrogen (secondary N) is 2. The maximum atomic E-state index is 11.9. The van der Waals surface area contributed by atoms with Crippen LogP contribution in [0.1, 0.15) is 23.0 Å². The molecule has 19 heavy (non-hydrogen) atoms. The number of anilines is 2. The zero-order valence-corrected chi connectivity index (χ0v) is 12.1. The summed E-state index contributed by atoms with van der Waals surface area (Å²) >= 11 is 1.22. The highest BCUT2D eigenvalue weighted by atomic mass is 32.1. The fraction of sp³-hybridized carbons (Fsp3) is 0.545.